The molecule has 4 rings (SSSR count). The fraction of sp³-hybridized carbons (Fsp3) is 0.200. The van der Waals surface area contributed by atoms with Crippen molar-refractivity contribution >= 4 is 17.5 Å². The Kier molecular flexibility index (Phi) is 4.73. The fourth-order valence-electron chi connectivity index (χ4n) is 2.83. The van der Waals surface area contributed by atoms with Gasteiger partial charge in [0.2, 0.25) is 6.10 Å². The Balaban J connectivity index is 1.39. The summed E-state index contributed by atoms with van der Waals surface area (Å²) in [5.41, 5.74) is 1.47. The summed E-state index contributed by atoms with van der Waals surface area (Å²) < 4.78 is 16.9. The highest BCUT2D eigenvalue weighted by Gasteiger charge is 2.33. The van der Waals surface area contributed by atoms with Crippen molar-refractivity contribution in [2.45, 2.75) is 25.7 Å². The Morgan fingerprint density at radius 3 is 2.56 bits per heavy atom. The molecule has 1 aliphatic rings. The molecule has 0 fully saturated rings. The number of para-hydroxylation sites is 2. The van der Waals surface area contributed by atoms with E-state index in [9.17, 15) is 4.79 Å². The van der Waals surface area contributed by atoms with Crippen LogP contribution in [0.3, 0.4) is 0 Å². The van der Waals surface area contributed by atoms with E-state index in [1.54, 1.807) is 31.2 Å². The zero-order valence-corrected chi connectivity index (χ0v) is 15.3. The summed E-state index contributed by atoms with van der Waals surface area (Å²) in [6.07, 6.45) is -1.13. The molecule has 1 aliphatic heterocycles. The smallest absolute Gasteiger partial charge is 0.265 e. The number of carbonyl (C=O) groups is 1. The quantitative estimate of drug-likeness (QED) is 0.739. The molecule has 6 nitrogen and oxygen atoms in total. The molecule has 1 amide bonds. The lowest BCUT2D eigenvalue weighted by Gasteiger charge is -2.30. The maximum absolute atomic E-state index is 12.5. The highest BCUT2D eigenvalue weighted by molar-refractivity contribution is 6.30. The molecule has 27 heavy (non-hydrogen) atoms. The van der Waals surface area contributed by atoms with Crippen molar-refractivity contribution in [2.75, 3.05) is 0 Å². The number of fused-ring (bicyclic) bond motifs is 1. The largest absolute Gasteiger partial charge is 0.482 e. The van der Waals surface area contributed by atoms with E-state index in [0.29, 0.717) is 28.0 Å². The number of nitrogens with zero attached hydrogens (tertiary/aromatic N) is 1. The average Bonchev–Trinajstić information content (AvgIpc) is 3.15. The second-order valence-electron chi connectivity index (χ2n) is 6.22. The Morgan fingerprint density at radius 1 is 1.11 bits per heavy atom. The molecule has 0 saturated carbocycles. The third-order valence-electron chi connectivity index (χ3n) is 4.23. The normalized spacial score (nSPS) is 18.1. The molecule has 1 aromatic heterocycles. The second-order valence-corrected chi connectivity index (χ2v) is 6.65. The summed E-state index contributed by atoms with van der Waals surface area (Å²) in [4.78, 5) is 12.5. The molecule has 1 N–H and O–H groups in total. The number of carbonyl (C=O) groups excluding carboxylic acids is 1. The molecular formula is C20H17ClN2O4. The third kappa shape index (κ3) is 3.75. The Bertz CT molecular complexity index is 955. The highest BCUT2D eigenvalue weighted by Crippen LogP contribution is 2.33. The van der Waals surface area contributed by atoms with Gasteiger partial charge in [0, 0.05) is 16.7 Å². The van der Waals surface area contributed by atoms with Crippen molar-refractivity contribution in [3.63, 3.8) is 0 Å². The van der Waals surface area contributed by atoms with Gasteiger partial charge in [0.1, 0.15) is 11.8 Å². The van der Waals surface area contributed by atoms with Gasteiger partial charge in [0.05, 0.1) is 6.54 Å². The molecule has 138 valence electrons. The lowest BCUT2D eigenvalue weighted by molar-refractivity contribution is -0.133. The summed E-state index contributed by atoms with van der Waals surface area (Å²) in [6.45, 7) is 2.03. The third-order valence-corrected chi connectivity index (χ3v) is 4.48. The molecule has 0 bridgehead atoms. The summed E-state index contributed by atoms with van der Waals surface area (Å²) in [5, 5.41) is 7.46. The van der Waals surface area contributed by atoms with E-state index in [1.807, 2.05) is 30.3 Å². The van der Waals surface area contributed by atoms with Gasteiger partial charge in [-0.05, 0) is 43.3 Å². The van der Waals surface area contributed by atoms with Crippen LogP contribution in [0, 0.1) is 0 Å². The van der Waals surface area contributed by atoms with Crippen molar-refractivity contribution in [3.8, 4) is 22.8 Å². The SMILES string of the molecule is CC1Oc2ccccc2OC1C(=O)NCc1cc(-c2ccc(Cl)cc2)on1. The molecule has 0 saturated heterocycles. The van der Waals surface area contributed by atoms with E-state index in [1.165, 1.54) is 0 Å². The van der Waals surface area contributed by atoms with Crippen molar-refractivity contribution in [3.05, 3.63) is 65.3 Å². The van der Waals surface area contributed by atoms with E-state index in [0.717, 1.165) is 5.56 Å². The molecular weight excluding hydrogens is 368 g/mol. The number of aromatic nitrogens is 1. The minimum absolute atomic E-state index is 0.226. The van der Waals surface area contributed by atoms with Crippen molar-refractivity contribution < 1.29 is 18.8 Å². The van der Waals surface area contributed by atoms with E-state index in [4.69, 9.17) is 25.6 Å². The number of halogens is 1. The number of hydrogen-bond acceptors (Lipinski definition) is 5. The van der Waals surface area contributed by atoms with Gasteiger partial charge in [-0.25, -0.2) is 0 Å². The molecule has 0 radical (unpaired) electrons. The fourth-order valence-corrected chi connectivity index (χ4v) is 2.96. The average molecular weight is 385 g/mol. The maximum Gasteiger partial charge on any atom is 0.265 e. The van der Waals surface area contributed by atoms with E-state index < -0.39 is 12.2 Å². The zero-order chi connectivity index (χ0) is 18.8. The van der Waals surface area contributed by atoms with E-state index in [-0.39, 0.29) is 12.5 Å². The lowest BCUT2D eigenvalue weighted by atomic mass is 10.1. The van der Waals surface area contributed by atoms with Gasteiger partial charge in [-0.15, -0.1) is 0 Å². The zero-order valence-electron chi connectivity index (χ0n) is 14.5. The second kappa shape index (κ2) is 7.32. The summed E-state index contributed by atoms with van der Waals surface area (Å²) in [7, 11) is 0. The number of hydrogen-bond donors (Lipinski definition) is 1. The van der Waals surface area contributed by atoms with Crippen LogP contribution >= 0.6 is 11.6 Å². The van der Waals surface area contributed by atoms with E-state index >= 15 is 0 Å². The molecule has 3 aromatic rings. The first-order chi connectivity index (χ1) is 13.1. The molecule has 2 unspecified atom stereocenters. The number of ether oxygens (including phenoxy) is 2. The van der Waals surface area contributed by atoms with Crippen LogP contribution < -0.4 is 14.8 Å². The van der Waals surface area contributed by atoms with Crippen molar-refractivity contribution in [1.82, 2.24) is 10.5 Å². The number of amides is 1. The van der Waals surface area contributed by atoms with Crippen molar-refractivity contribution in [1.29, 1.82) is 0 Å². The van der Waals surface area contributed by atoms with Crippen LogP contribution in [-0.2, 0) is 11.3 Å². The summed E-state index contributed by atoms with van der Waals surface area (Å²) in [5.74, 6) is 1.53. The molecule has 2 aromatic carbocycles. The van der Waals surface area contributed by atoms with Gasteiger partial charge < -0.3 is 19.3 Å². The summed E-state index contributed by atoms with van der Waals surface area (Å²) >= 11 is 5.89. The first-order valence-corrected chi connectivity index (χ1v) is 8.89. The van der Waals surface area contributed by atoms with Gasteiger partial charge >= 0.3 is 0 Å². The lowest BCUT2D eigenvalue weighted by Crippen LogP contribution is -2.48. The summed E-state index contributed by atoms with van der Waals surface area (Å²) in [6, 6.07) is 16.3. The Morgan fingerprint density at radius 2 is 1.81 bits per heavy atom. The molecule has 0 spiro atoms. The number of rotatable bonds is 4. The van der Waals surface area contributed by atoms with Crippen LogP contribution in [-0.4, -0.2) is 23.3 Å². The van der Waals surface area contributed by atoms with Crippen LogP contribution in [0.1, 0.15) is 12.6 Å². The molecule has 2 heterocycles. The first-order valence-electron chi connectivity index (χ1n) is 8.52. The number of nitrogens with one attached hydrogen (secondary N) is 1. The van der Waals surface area contributed by atoms with Gasteiger partial charge in [-0.3, -0.25) is 4.79 Å². The Labute approximate surface area is 161 Å². The minimum Gasteiger partial charge on any atom is -0.482 e. The molecule has 2 atom stereocenters. The van der Waals surface area contributed by atoms with Crippen LogP contribution in [0.2, 0.25) is 5.02 Å². The predicted molar refractivity (Wildman–Crippen MR) is 99.7 cm³/mol. The Hall–Kier alpha value is -2.99. The van der Waals surface area contributed by atoms with Gasteiger partial charge in [-0.2, -0.15) is 0 Å². The highest BCUT2D eigenvalue weighted by atomic mass is 35.5. The monoisotopic (exact) mass is 384 g/mol. The number of benzene rings is 2. The van der Waals surface area contributed by atoms with Crippen LogP contribution in [0.15, 0.2) is 59.1 Å². The van der Waals surface area contributed by atoms with Crippen LogP contribution in [0.25, 0.3) is 11.3 Å². The van der Waals surface area contributed by atoms with Crippen molar-refractivity contribution in [2.24, 2.45) is 0 Å². The topological polar surface area (TPSA) is 73.6 Å². The van der Waals surface area contributed by atoms with Gasteiger partial charge in [0.15, 0.2) is 17.3 Å². The standard InChI is InChI=1S/C20H17ClN2O4/c1-12-19(26-17-5-3-2-4-16(17)25-12)20(24)22-11-15-10-18(27-23-15)13-6-8-14(21)9-7-13/h2-10,12,19H,11H2,1H3,(H,22,24). The van der Waals surface area contributed by atoms with E-state index in [2.05, 4.69) is 10.5 Å². The molecule has 0 aliphatic carbocycles. The van der Waals surface area contributed by atoms with Crippen LogP contribution in [0.4, 0.5) is 0 Å². The van der Waals surface area contributed by atoms with Gasteiger partial charge in [-0.1, -0.05) is 28.9 Å². The molecule has 7 heteroatoms. The minimum atomic E-state index is -0.734. The van der Waals surface area contributed by atoms with Gasteiger partial charge in [0.25, 0.3) is 5.91 Å². The predicted octanol–water partition coefficient (Wildman–Crippen LogP) is 3.84. The van der Waals surface area contributed by atoms with Crippen LogP contribution in [0.5, 0.6) is 11.5 Å². The first kappa shape index (κ1) is 17.4. The maximum atomic E-state index is 12.5.